The zero-order valence-corrected chi connectivity index (χ0v) is 11.2. The van der Waals surface area contributed by atoms with Gasteiger partial charge < -0.3 is 0 Å². The molecule has 1 aromatic rings. The van der Waals surface area contributed by atoms with Crippen LogP contribution in [0.5, 0.6) is 0 Å². The zero-order valence-electron chi connectivity index (χ0n) is 11.2. The zero-order chi connectivity index (χ0) is 13.9. The summed E-state index contributed by atoms with van der Waals surface area (Å²) in [6, 6.07) is 1.95. The van der Waals surface area contributed by atoms with Crippen LogP contribution in [0.1, 0.15) is 37.9 Å². The number of aryl methyl sites for hydroxylation is 1. The maximum absolute atomic E-state index is 13.8. The van der Waals surface area contributed by atoms with Crippen LogP contribution in [-0.4, -0.2) is 6.04 Å². The van der Waals surface area contributed by atoms with Crippen LogP contribution < -0.4 is 5.32 Å². The highest BCUT2D eigenvalue weighted by Gasteiger charge is 2.18. The molecule has 0 aliphatic carbocycles. The molecule has 18 heavy (non-hydrogen) atoms. The normalized spacial score (nSPS) is 14.3. The molecule has 0 amide bonds. The highest BCUT2D eigenvalue weighted by molar-refractivity contribution is 5.27. The number of rotatable bonds is 4. The SMILES string of the molecule is C#CC(NC(C)c1cc(F)c(C)cc1F)C(C)C. The van der Waals surface area contributed by atoms with E-state index < -0.39 is 11.6 Å². The molecule has 1 N–H and O–H groups in total. The Labute approximate surface area is 108 Å². The molecule has 0 fully saturated rings. The highest BCUT2D eigenvalue weighted by Crippen LogP contribution is 2.21. The molecule has 1 rings (SSSR count). The van der Waals surface area contributed by atoms with E-state index in [2.05, 4.69) is 11.2 Å². The van der Waals surface area contributed by atoms with Gasteiger partial charge in [0, 0.05) is 11.6 Å². The first-order valence-electron chi connectivity index (χ1n) is 6.04. The molecule has 1 aromatic carbocycles. The van der Waals surface area contributed by atoms with Gasteiger partial charge in [-0.15, -0.1) is 6.42 Å². The third-order valence-electron chi connectivity index (χ3n) is 3.02. The fourth-order valence-electron chi connectivity index (χ4n) is 1.79. The molecule has 0 saturated heterocycles. The molecule has 0 aliphatic rings. The van der Waals surface area contributed by atoms with E-state index in [4.69, 9.17) is 6.42 Å². The van der Waals surface area contributed by atoms with Crippen molar-refractivity contribution in [3.63, 3.8) is 0 Å². The quantitative estimate of drug-likeness (QED) is 0.806. The molecule has 0 saturated carbocycles. The van der Waals surface area contributed by atoms with Crippen LogP contribution in [0.3, 0.4) is 0 Å². The summed E-state index contributed by atoms with van der Waals surface area (Å²) in [5.74, 6) is 2.04. The van der Waals surface area contributed by atoms with Gasteiger partial charge in [-0.05, 0) is 37.5 Å². The van der Waals surface area contributed by atoms with E-state index >= 15 is 0 Å². The summed E-state index contributed by atoms with van der Waals surface area (Å²) in [4.78, 5) is 0. The van der Waals surface area contributed by atoms with Crippen LogP contribution in [-0.2, 0) is 0 Å². The van der Waals surface area contributed by atoms with Gasteiger partial charge in [0.25, 0.3) is 0 Å². The number of benzene rings is 1. The number of terminal acetylenes is 1. The highest BCUT2D eigenvalue weighted by atomic mass is 19.1. The molecule has 0 bridgehead atoms. The lowest BCUT2D eigenvalue weighted by Crippen LogP contribution is -2.34. The van der Waals surface area contributed by atoms with Crippen molar-refractivity contribution in [3.05, 3.63) is 34.9 Å². The summed E-state index contributed by atoms with van der Waals surface area (Å²) in [6.45, 7) is 7.28. The first-order chi connectivity index (χ1) is 8.36. The summed E-state index contributed by atoms with van der Waals surface area (Å²) in [5.41, 5.74) is 0.611. The van der Waals surface area contributed by atoms with Crippen molar-refractivity contribution in [2.24, 2.45) is 5.92 Å². The van der Waals surface area contributed by atoms with Gasteiger partial charge >= 0.3 is 0 Å². The van der Waals surface area contributed by atoms with Gasteiger partial charge in [-0.2, -0.15) is 0 Å². The van der Waals surface area contributed by atoms with Crippen molar-refractivity contribution >= 4 is 0 Å². The second-order valence-corrected chi connectivity index (χ2v) is 4.90. The number of hydrogen-bond donors (Lipinski definition) is 1. The molecule has 2 unspecified atom stereocenters. The minimum atomic E-state index is -0.409. The van der Waals surface area contributed by atoms with Crippen molar-refractivity contribution < 1.29 is 8.78 Å². The van der Waals surface area contributed by atoms with Crippen molar-refractivity contribution in [1.82, 2.24) is 5.32 Å². The Morgan fingerprint density at radius 3 is 2.28 bits per heavy atom. The minimum Gasteiger partial charge on any atom is -0.297 e. The van der Waals surface area contributed by atoms with Gasteiger partial charge in [0.05, 0.1) is 6.04 Å². The fourth-order valence-corrected chi connectivity index (χ4v) is 1.79. The van der Waals surface area contributed by atoms with Crippen molar-refractivity contribution in [1.29, 1.82) is 0 Å². The molecule has 0 spiro atoms. The van der Waals surface area contributed by atoms with Gasteiger partial charge in [-0.3, -0.25) is 5.32 Å². The first-order valence-corrected chi connectivity index (χ1v) is 6.04. The van der Waals surface area contributed by atoms with E-state index in [1.54, 1.807) is 13.8 Å². The van der Waals surface area contributed by atoms with Gasteiger partial charge in [0.15, 0.2) is 0 Å². The summed E-state index contributed by atoms with van der Waals surface area (Å²) in [6.07, 6.45) is 5.41. The standard InChI is InChI=1S/C15H19F2N/c1-6-15(9(2)3)18-11(5)12-8-13(16)10(4)7-14(12)17/h1,7-9,11,15,18H,2-5H3. The predicted molar refractivity (Wildman–Crippen MR) is 70.1 cm³/mol. The van der Waals surface area contributed by atoms with Gasteiger partial charge in [0.1, 0.15) is 11.6 Å². The lowest BCUT2D eigenvalue weighted by atomic mass is 10.0. The van der Waals surface area contributed by atoms with Gasteiger partial charge in [-0.1, -0.05) is 19.8 Å². The van der Waals surface area contributed by atoms with Crippen LogP contribution >= 0.6 is 0 Å². The Hall–Kier alpha value is -1.40. The molecule has 1 nitrogen and oxygen atoms in total. The van der Waals surface area contributed by atoms with Crippen molar-refractivity contribution in [2.75, 3.05) is 0 Å². The van der Waals surface area contributed by atoms with E-state index in [1.807, 2.05) is 13.8 Å². The predicted octanol–water partition coefficient (Wildman–Crippen LogP) is 3.58. The maximum atomic E-state index is 13.8. The van der Waals surface area contributed by atoms with E-state index in [9.17, 15) is 8.78 Å². The molecule has 3 heteroatoms. The summed E-state index contributed by atoms with van der Waals surface area (Å²) >= 11 is 0. The maximum Gasteiger partial charge on any atom is 0.128 e. The Kier molecular flexibility index (Phi) is 4.86. The second-order valence-electron chi connectivity index (χ2n) is 4.90. The molecule has 0 radical (unpaired) electrons. The van der Waals surface area contributed by atoms with Crippen LogP contribution in [0.4, 0.5) is 8.78 Å². The Morgan fingerprint density at radius 2 is 1.78 bits per heavy atom. The molecule has 98 valence electrons. The van der Waals surface area contributed by atoms with E-state index in [0.717, 1.165) is 0 Å². The fraction of sp³-hybridized carbons (Fsp3) is 0.467. The van der Waals surface area contributed by atoms with E-state index in [1.165, 1.54) is 12.1 Å². The second kappa shape index (κ2) is 5.97. The lowest BCUT2D eigenvalue weighted by molar-refractivity contribution is 0.420. The molecule has 2 atom stereocenters. The van der Waals surface area contributed by atoms with Gasteiger partial charge in [0.2, 0.25) is 0 Å². The smallest absolute Gasteiger partial charge is 0.128 e. The third kappa shape index (κ3) is 3.30. The van der Waals surface area contributed by atoms with E-state index in [0.29, 0.717) is 11.1 Å². The van der Waals surface area contributed by atoms with Crippen LogP contribution in [0.25, 0.3) is 0 Å². The number of halogens is 2. The monoisotopic (exact) mass is 251 g/mol. The molecule has 0 aliphatic heterocycles. The Balaban J connectivity index is 2.94. The Bertz CT molecular complexity index is 460. The average Bonchev–Trinajstić information content (AvgIpc) is 2.29. The average molecular weight is 251 g/mol. The largest absolute Gasteiger partial charge is 0.297 e. The summed E-state index contributed by atoms with van der Waals surface area (Å²) in [5, 5.41) is 3.13. The number of nitrogens with one attached hydrogen (secondary N) is 1. The first kappa shape index (κ1) is 14.7. The van der Waals surface area contributed by atoms with Crippen LogP contribution in [0.15, 0.2) is 12.1 Å². The van der Waals surface area contributed by atoms with E-state index in [-0.39, 0.29) is 18.0 Å². The molecular weight excluding hydrogens is 232 g/mol. The van der Waals surface area contributed by atoms with Crippen molar-refractivity contribution in [2.45, 2.75) is 39.8 Å². The topological polar surface area (TPSA) is 12.0 Å². The third-order valence-corrected chi connectivity index (χ3v) is 3.02. The van der Waals surface area contributed by atoms with Crippen LogP contribution in [0.2, 0.25) is 0 Å². The van der Waals surface area contributed by atoms with Crippen molar-refractivity contribution in [3.8, 4) is 12.3 Å². The lowest BCUT2D eigenvalue weighted by Gasteiger charge is -2.23. The Morgan fingerprint density at radius 1 is 1.17 bits per heavy atom. The molecular formula is C15H19F2N. The molecule has 0 aromatic heterocycles. The van der Waals surface area contributed by atoms with Gasteiger partial charge in [-0.25, -0.2) is 8.78 Å². The van der Waals surface area contributed by atoms with Crippen LogP contribution in [0, 0.1) is 36.8 Å². The summed E-state index contributed by atoms with van der Waals surface area (Å²) < 4.78 is 27.2. The summed E-state index contributed by atoms with van der Waals surface area (Å²) in [7, 11) is 0. The molecule has 0 heterocycles. The number of hydrogen-bond acceptors (Lipinski definition) is 1. The minimum absolute atomic E-state index is 0.163.